The predicted molar refractivity (Wildman–Crippen MR) is 104 cm³/mol. The molecular weight excluding hydrogens is 455 g/mol. The van der Waals surface area contributed by atoms with E-state index in [0.717, 1.165) is 31.4 Å². The van der Waals surface area contributed by atoms with E-state index >= 15 is 0 Å². The van der Waals surface area contributed by atoms with E-state index in [1.54, 1.807) is 0 Å². The van der Waals surface area contributed by atoms with Gasteiger partial charge in [0.15, 0.2) is 12.2 Å². The average molecular weight is 470 g/mol. The summed E-state index contributed by atoms with van der Waals surface area (Å²) in [6.07, 6.45) is -4.52. The SMILES string of the molecule is COP(=O)(OC(C(=O)O)c1ccccc1[N+](=O)[O-])OC(C(=O)O)c1ccccc1[N+](=O)[O-]. The number of phosphoric acid groups is 1. The van der Waals surface area contributed by atoms with E-state index in [2.05, 4.69) is 4.52 Å². The molecule has 0 spiro atoms. The fraction of sp³-hybridized carbons (Fsp3) is 0.176. The van der Waals surface area contributed by atoms with Crippen LogP contribution in [0.4, 0.5) is 11.4 Å². The Hall–Kier alpha value is -3.71. The smallest absolute Gasteiger partial charge is 0.476 e. The summed E-state index contributed by atoms with van der Waals surface area (Å²) in [5, 5.41) is 41.4. The number of phosphoric ester groups is 1. The van der Waals surface area contributed by atoms with Gasteiger partial charge in [-0.05, 0) is 12.1 Å². The molecule has 2 atom stereocenters. The summed E-state index contributed by atoms with van der Waals surface area (Å²) in [5.41, 5.74) is -2.42. The number of carboxylic acid groups (broad SMARTS) is 2. The first-order chi connectivity index (χ1) is 15.0. The van der Waals surface area contributed by atoms with Crippen molar-refractivity contribution in [3.05, 3.63) is 79.9 Å². The Morgan fingerprint density at radius 3 is 1.47 bits per heavy atom. The molecule has 2 unspecified atom stereocenters. The van der Waals surface area contributed by atoms with E-state index in [4.69, 9.17) is 9.05 Å². The van der Waals surface area contributed by atoms with E-state index < -0.39 is 64.3 Å². The van der Waals surface area contributed by atoms with Crippen LogP contribution in [0.3, 0.4) is 0 Å². The number of nitro benzene ring substituents is 2. The molecule has 0 bridgehead atoms. The maximum absolute atomic E-state index is 13.0. The molecule has 2 aromatic carbocycles. The van der Waals surface area contributed by atoms with Gasteiger partial charge in [-0.25, -0.2) is 14.2 Å². The van der Waals surface area contributed by atoms with Gasteiger partial charge >= 0.3 is 19.8 Å². The van der Waals surface area contributed by atoms with Crippen LogP contribution in [0.25, 0.3) is 0 Å². The quantitative estimate of drug-likeness (QED) is 0.276. The standard InChI is InChI=1S/C17H15N2O12P/c1-29-32(28,30-14(16(20)21)10-6-2-4-8-12(10)18(24)25)31-15(17(22)23)11-7-3-5-9-13(11)19(26)27/h2-9,14-15H,1H3,(H,20,21)(H,22,23). The van der Waals surface area contributed by atoms with Gasteiger partial charge in [-0.1, -0.05) is 24.3 Å². The molecule has 0 heterocycles. The Morgan fingerprint density at radius 1 is 0.844 bits per heavy atom. The summed E-state index contributed by atoms with van der Waals surface area (Å²) in [4.78, 5) is 44.1. The largest absolute Gasteiger partial charge is 0.479 e. The van der Waals surface area contributed by atoms with Crippen molar-refractivity contribution in [1.29, 1.82) is 0 Å². The molecule has 170 valence electrons. The number of nitrogens with zero attached hydrogens (tertiary/aromatic N) is 2. The molecule has 2 rings (SSSR count). The van der Waals surface area contributed by atoms with E-state index in [0.29, 0.717) is 0 Å². The third kappa shape index (κ3) is 5.50. The fourth-order valence-electron chi connectivity index (χ4n) is 2.59. The van der Waals surface area contributed by atoms with E-state index in [1.807, 2.05) is 0 Å². The molecule has 0 fully saturated rings. The van der Waals surface area contributed by atoms with Gasteiger partial charge in [0.1, 0.15) is 0 Å². The molecule has 0 saturated heterocycles. The first-order valence-electron chi connectivity index (χ1n) is 8.45. The molecule has 0 amide bonds. The van der Waals surface area contributed by atoms with Crippen LogP contribution in [0.1, 0.15) is 23.3 Å². The zero-order valence-electron chi connectivity index (χ0n) is 16.1. The third-order valence-electron chi connectivity index (χ3n) is 3.97. The van der Waals surface area contributed by atoms with Crippen LogP contribution in [-0.4, -0.2) is 39.1 Å². The summed E-state index contributed by atoms with van der Waals surface area (Å²) < 4.78 is 27.4. The molecule has 2 N–H and O–H groups in total. The number of carbonyl (C=O) groups is 2. The van der Waals surface area contributed by atoms with E-state index in [9.17, 15) is 44.6 Å². The van der Waals surface area contributed by atoms with Gasteiger partial charge in [-0.15, -0.1) is 0 Å². The van der Waals surface area contributed by atoms with E-state index in [-0.39, 0.29) is 0 Å². The number of rotatable bonds is 11. The van der Waals surface area contributed by atoms with Crippen LogP contribution in [0.5, 0.6) is 0 Å². The maximum atomic E-state index is 13.0. The lowest BCUT2D eigenvalue weighted by Crippen LogP contribution is -2.20. The zero-order valence-corrected chi connectivity index (χ0v) is 17.0. The number of para-hydroxylation sites is 2. The van der Waals surface area contributed by atoms with Crippen LogP contribution >= 0.6 is 7.82 Å². The van der Waals surface area contributed by atoms with Crippen LogP contribution in [0.2, 0.25) is 0 Å². The van der Waals surface area contributed by atoms with Crippen molar-refractivity contribution in [2.45, 2.75) is 12.2 Å². The lowest BCUT2D eigenvalue weighted by Gasteiger charge is -2.23. The molecule has 2 aromatic rings. The second kappa shape index (κ2) is 10.1. The molecule has 0 aliphatic carbocycles. The van der Waals surface area contributed by atoms with Gasteiger partial charge in [0.25, 0.3) is 11.4 Å². The van der Waals surface area contributed by atoms with Gasteiger partial charge in [0, 0.05) is 19.2 Å². The summed E-state index contributed by atoms with van der Waals surface area (Å²) in [6.45, 7) is 0. The van der Waals surface area contributed by atoms with Gasteiger partial charge in [-0.3, -0.25) is 33.8 Å². The van der Waals surface area contributed by atoms with E-state index in [1.165, 1.54) is 24.3 Å². The maximum Gasteiger partial charge on any atom is 0.476 e. The Morgan fingerprint density at radius 2 is 1.19 bits per heavy atom. The highest BCUT2D eigenvalue weighted by molar-refractivity contribution is 7.48. The topological polar surface area (TPSA) is 206 Å². The van der Waals surface area contributed by atoms with Crippen LogP contribution in [0.15, 0.2) is 48.5 Å². The van der Waals surface area contributed by atoms with Crippen molar-refractivity contribution in [2.75, 3.05) is 7.11 Å². The number of benzene rings is 2. The average Bonchev–Trinajstić information content (AvgIpc) is 2.75. The molecule has 0 aromatic heterocycles. The molecular formula is C17H15N2O12P. The van der Waals surface area contributed by atoms with Crippen LogP contribution in [-0.2, 0) is 27.7 Å². The molecule has 15 heteroatoms. The minimum absolute atomic E-state index is 0.525. The third-order valence-corrected chi connectivity index (χ3v) is 5.36. The highest BCUT2D eigenvalue weighted by Crippen LogP contribution is 2.56. The van der Waals surface area contributed by atoms with Crippen molar-refractivity contribution in [3.63, 3.8) is 0 Å². The van der Waals surface area contributed by atoms with Crippen molar-refractivity contribution in [2.24, 2.45) is 0 Å². The number of carboxylic acids is 2. The Kier molecular flexibility index (Phi) is 7.72. The van der Waals surface area contributed by atoms with Crippen LogP contribution in [0, 0.1) is 20.2 Å². The van der Waals surface area contributed by atoms with Crippen molar-refractivity contribution in [3.8, 4) is 0 Å². The first-order valence-corrected chi connectivity index (χ1v) is 9.91. The number of nitro groups is 2. The van der Waals surface area contributed by atoms with Crippen molar-refractivity contribution in [1.82, 2.24) is 0 Å². The fourth-order valence-corrected chi connectivity index (χ4v) is 3.74. The monoisotopic (exact) mass is 470 g/mol. The summed E-state index contributed by atoms with van der Waals surface area (Å²) >= 11 is 0. The van der Waals surface area contributed by atoms with Crippen LogP contribution < -0.4 is 0 Å². The normalized spacial score (nSPS) is 14.7. The molecule has 14 nitrogen and oxygen atoms in total. The van der Waals surface area contributed by atoms with Gasteiger partial charge < -0.3 is 10.2 Å². The molecule has 0 aliphatic heterocycles. The Balaban J connectivity index is 2.49. The van der Waals surface area contributed by atoms with Crippen molar-refractivity contribution < 1.29 is 47.8 Å². The summed E-state index contributed by atoms with van der Waals surface area (Å²) in [6, 6.07) is 9.01. The lowest BCUT2D eigenvalue weighted by atomic mass is 10.1. The highest BCUT2D eigenvalue weighted by Gasteiger charge is 2.42. The second-order valence-electron chi connectivity index (χ2n) is 5.91. The minimum Gasteiger partial charge on any atom is -0.479 e. The summed E-state index contributed by atoms with van der Waals surface area (Å²) in [7, 11) is -4.31. The minimum atomic E-state index is -5.06. The summed E-state index contributed by atoms with van der Waals surface area (Å²) in [5.74, 6) is -3.64. The Labute approximate surface area is 178 Å². The second-order valence-corrected chi connectivity index (χ2v) is 7.59. The predicted octanol–water partition coefficient (Wildman–Crippen LogP) is 3.24. The molecule has 0 aliphatic rings. The lowest BCUT2D eigenvalue weighted by molar-refractivity contribution is -0.386. The zero-order chi connectivity index (χ0) is 24.1. The van der Waals surface area contributed by atoms with Gasteiger partial charge in [0.2, 0.25) is 0 Å². The Bertz CT molecular complexity index is 1020. The molecule has 0 radical (unpaired) electrons. The first kappa shape index (κ1) is 24.6. The number of aliphatic carboxylic acids is 2. The highest BCUT2D eigenvalue weighted by atomic mass is 31.2. The van der Waals surface area contributed by atoms with Gasteiger partial charge in [0.05, 0.1) is 21.0 Å². The number of hydrogen-bond donors (Lipinski definition) is 2. The molecule has 0 saturated carbocycles. The molecule has 32 heavy (non-hydrogen) atoms. The van der Waals surface area contributed by atoms with Gasteiger partial charge in [-0.2, -0.15) is 0 Å². The number of hydrogen-bond acceptors (Lipinski definition) is 10. The van der Waals surface area contributed by atoms with Crippen molar-refractivity contribution >= 4 is 31.1 Å².